The number of benzene rings is 1. The predicted octanol–water partition coefficient (Wildman–Crippen LogP) is 2.78. The molecular weight excluding hydrogens is 230 g/mol. The Morgan fingerprint density at radius 1 is 1.24 bits per heavy atom. The van der Waals surface area contributed by atoms with Crippen molar-refractivity contribution in [1.82, 2.24) is 0 Å². The zero-order valence-corrected chi connectivity index (χ0v) is 11.0. The van der Waals surface area contributed by atoms with Crippen LogP contribution in [0.25, 0.3) is 0 Å². The second-order valence-corrected chi connectivity index (χ2v) is 5.79. The van der Waals surface area contributed by atoms with Crippen molar-refractivity contribution in [3.63, 3.8) is 0 Å². The standard InChI is InChI=1S/C14H21NOS/c15-10-13(12-6-8-17-9-7-12)11-16-14-4-2-1-3-5-14/h1-5,12-13H,6-11,15H2. The van der Waals surface area contributed by atoms with Crippen molar-refractivity contribution in [2.75, 3.05) is 24.7 Å². The smallest absolute Gasteiger partial charge is 0.119 e. The van der Waals surface area contributed by atoms with Crippen LogP contribution in [0.4, 0.5) is 0 Å². The van der Waals surface area contributed by atoms with Crippen LogP contribution in [0.1, 0.15) is 12.8 Å². The number of nitrogens with two attached hydrogens (primary N) is 1. The molecule has 1 unspecified atom stereocenters. The van der Waals surface area contributed by atoms with Gasteiger partial charge in [-0.15, -0.1) is 0 Å². The van der Waals surface area contributed by atoms with Crippen LogP contribution in [0.3, 0.4) is 0 Å². The molecule has 2 N–H and O–H groups in total. The molecule has 0 saturated carbocycles. The minimum Gasteiger partial charge on any atom is -0.493 e. The molecule has 3 heteroatoms. The lowest BCUT2D eigenvalue weighted by molar-refractivity contribution is 0.191. The molecule has 1 aliphatic heterocycles. The summed E-state index contributed by atoms with van der Waals surface area (Å²) in [7, 11) is 0. The molecular formula is C14H21NOS. The number of hydrogen-bond donors (Lipinski definition) is 1. The highest BCUT2D eigenvalue weighted by molar-refractivity contribution is 7.99. The normalized spacial score (nSPS) is 18.9. The topological polar surface area (TPSA) is 35.2 Å². The number of ether oxygens (including phenoxy) is 1. The summed E-state index contributed by atoms with van der Waals surface area (Å²) in [6.07, 6.45) is 2.59. The van der Waals surface area contributed by atoms with E-state index in [0.717, 1.165) is 24.8 Å². The Morgan fingerprint density at radius 3 is 2.59 bits per heavy atom. The zero-order valence-electron chi connectivity index (χ0n) is 10.2. The van der Waals surface area contributed by atoms with Gasteiger partial charge in [0, 0.05) is 5.92 Å². The summed E-state index contributed by atoms with van der Waals surface area (Å²) < 4.78 is 5.83. The van der Waals surface area contributed by atoms with E-state index in [1.54, 1.807) is 0 Å². The SMILES string of the molecule is NCC(COc1ccccc1)C1CCSCC1. The van der Waals surface area contributed by atoms with Crippen LogP contribution in [0.5, 0.6) is 5.75 Å². The van der Waals surface area contributed by atoms with Crippen molar-refractivity contribution in [3.8, 4) is 5.75 Å². The molecule has 0 amide bonds. The second-order valence-electron chi connectivity index (χ2n) is 4.57. The van der Waals surface area contributed by atoms with Crippen LogP contribution in [0, 0.1) is 11.8 Å². The molecule has 0 radical (unpaired) electrons. The molecule has 2 rings (SSSR count). The van der Waals surface area contributed by atoms with E-state index < -0.39 is 0 Å². The van der Waals surface area contributed by atoms with E-state index in [9.17, 15) is 0 Å². The van der Waals surface area contributed by atoms with Crippen LogP contribution in [-0.2, 0) is 0 Å². The lowest BCUT2D eigenvalue weighted by atomic mass is 9.88. The van der Waals surface area contributed by atoms with Crippen LogP contribution in [-0.4, -0.2) is 24.7 Å². The van der Waals surface area contributed by atoms with Crippen LogP contribution in [0.2, 0.25) is 0 Å². The fourth-order valence-electron chi connectivity index (χ4n) is 2.30. The summed E-state index contributed by atoms with van der Waals surface area (Å²) in [5, 5.41) is 0. The highest BCUT2D eigenvalue weighted by atomic mass is 32.2. The van der Waals surface area contributed by atoms with E-state index in [0.29, 0.717) is 5.92 Å². The Hall–Kier alpha value is -0.670. The minimum atomic E-state index is 0.510. The van der Waals surface area contributed by atoms with Gasteiger partial charge in [0.2, 0.25) is 0 Å². The summed E-state index contributed by atoms with van der Waals surface area (Å²) in [5.74, 6) is 4.79. The van der Waals surface area contributed by atoms with Crippen molar-refractivity contribution in [2.45, 2.75) is 12.8 Å². The van der Waals surface area contributed by atoms with E-state index in [1.165, 1.54) is 24.3 Å². The van der Waals surface area contributed by atoms with Crippen LogP contribution in [0.15, 0.2) is 30.3 Å². The van der Waals surface area contributed by atoms with Crippen molar-refractivity contribution < 1.29 is 4.74 Å². The quantitative estimate of drug-likeness (QED) is 0.874. The average molecular weight is 251 g/mol. The number of rotatable bonds is 5. The molecule has 1 fully saturated rings. The minimum absolute atomic E-state index is 0.510. The third-order valence-electron chi connectivity index (χ3n) is 3.44. The van der Waals surface area contributed by atoms with Gasteiger partial charge in [-0.1, -0.05) is 18.2 Å². The van der Waals surface area contributed by atoms with E-state index in [-0.39, 0.29) is 0 Å². The second kappa shape index (κ2) is 6.92. The molecule has 1 aromatic rings. The third kappa shape index (κ3) is 3.93. The predicted molar refractivity (Wildman–Crippen MR) is 74.5 cm³/mol. The monoisotopic (exact) mass is 251 g/mol. The average Bonchev–Trinajstić information content (AvgIpc) is 2.42. The lowest BCUT2D eigenvalue weighted by Crippen LogP contribution is -2.31. The molecule has 1 aromatic carbocycles. The molecule has 1 heterocycles. The third-order valence-corrected chi connectivity index (χ3v) is 4.49. The first-order valence-corrected chi connectivity index (χ1v) is 7.51. The number of hydrogen-bond acceptors (Lipinski definition) is 3. The first-order valence-electron chi connectivity index (χ1n) is 6.36. The molecule has 0 bridgehead atoms. The molecule has 0 aliphatic carbocycles. The van der Waals surface area contributed by atoms with Gasteiger partial charge in [0.05, 0.1) is 6.61 Å². The van der Waals surface area contributed by atoms with E-state index in [2.05, 4.69) is 11.8 Å². The molecule has 1 atom stereocenters. The molecule has 0 aromatic heterocycles. The number of para-hydroxylation sites is 1. The zero-order chi connectivity index (χ0) is 11.9. The summed E-state index contributed by atoms with van der Waals surface area (Å²) >= 11 is 2.06. The van der Waals surface area contributed by atoms with E-state index >= 15 is 0 Å². The van der Waals surface area contributed by atoms with Gasteiger partial charge in [-0.25, -0.2) is 0 Å². The Balaban J connectivity index is 1.82. The molecule has 17 heavy (non-hydrogen) atoms. The van der Waals surface area contributed by atoms with Crippen molar-refractivity contribution >= 4 is 11.8 Å². The van der Waals surface area contributed by atoms with Crippen molar-refractivity contribution in [2.24, 2.45) is 17.6 Å². The van der Waals surface area contributed by atoms with Gasteiger partial charge in [-0.3, -0.25) is 0 Å². The largest absolute Gasteiger partial charge is 0.493 e. The van der Waals surface area contributed by atoms with Gasteiger partial charge in [0.15, 0.2) is 0 Å². The Bertz CT molecular complexity index is 311. The highest BCUT2D eigenvalue weighted by Gasteiger charge is 2.23. The maximum Gasteiger partial charge on any atom is 0.119 e. The fourth-order valence-corrected chi connectivity index (χ4v) is 3.45. The Kier molecular flexibility index (Phi) is 5.20. The summed E-state index contributed by atoms with van der Waals surface area (Å²) in [5.41, 5.74) is 5.88. The van der Waals surface area contributed by atoms with Crippen molar-refractivity contribution in [1.29, 1.82) is 0 Å². The van der Waals surface area contributed by atoms with Gasteiger partial charge in [0.25, 0.3) is 0 Å². The highest BCUT2D eigenvalue weighted by Crippen LogP contribution is 2.29. The first-order chi connectivity index (χ1) is 8.40. The summed E-state index contributed by atoms with van der Waals surface area (Å²) in [6.45, 7) is 1.50. The fraction of sp³-hybridized carbons (Fsp3) is 0.571. The van der Waals surface area contributed by atoms with Crippen LogP contribution >= 0.6 is 11.8 Å². The van der Waals surface area contributed by atoms with Gasteiger partial charge in [-0.05, 0) is 48.9 Å². The molecule has 0 spiro atoms. The number of thioether (sulfide) groups is 1. The van der Waals surface area contributed by atoms with E-state index in [1.807, 2.05) is 30.3 Å². The van der Waals surface area contributed by atoms with Gasteiger partial charge in [-0.2, -0.15) is 11.8 Å². The first kappa shape index (κ1) is 12.8. The molecule has 1 saturated heterocycles. The molecule has 2 nitrogen and oxygen atoms in total. The lowest BCUT2D eigenvalue weighted by Gasteiger charge is -2.29. The van der Waals surface area contributed by atoms with Crippen molar-refractivity contribution in [3.05, 3.63) is 30.3 Å². The van der Waals surface area contributed by atoms with Gasteiger partial charge in [0.1, 0.15) is 5.75 Å². The Morgan fingerprint density at radius 2 is 1.94 bits per heavy atom. The van der Waals surface area contributed by atoms with Crippen LogP contribution < -0.4 is 10.5 Å². The van der Waals surface area contributed by atoms with Gasteiger partial charge < -0.3 is 10.5 Å². The van der Waals surface area contributed by atoms with Gasteiger partial charge >= 0.3 is 0 Å². The Labute approximate surface area is 108 Å². The molecule has 94 valence electrons. The summed E-state index contributed by atoms with van der Waals surface area (Å²) in [4.78, 5) is 0. The molecule has 1 aliphatic rings. The maximum absolute atomic E-state index is 5.88. The maximum atomic E-state index is 5.88. The summed E-state index contributed by atoms with van der Waals surface area (Å²) in [6, 6.07) is 10.0. The van der Waals surface area contributed by atoms with E-state index in [4.69, 9.17) is 10.5 Å².